The van der Waals surface area contributed by atoms with Gasteiger partial charge in [-0.2, -0.15) is 5.10 Å². The molecular formula is C26H28N4O4. The van der Waals surface area contributed by atoms with Crippen LogP contribution in [-0.2, 0) is 17.9 Å². The molecule has 34 heavy (non-hydrogen) atoms. The van der Waals surface area contributed by atoms with E-state index in [1.807, 2.05) is 24.3 Å². The van der Waals surface area contributed by atoms with E-state index in [4.69, 9.17) is 9.47 Å². The van der Waals surface area contributed by atoms with Gasteiger partial charge < -0.3 is 19.4 Å². The number of ether oxygens (including phenoxy) is 2. The molecule has 0 saturated carbocycles. The topological polar surface area (TPSA) is 86.9 Å². The van der Waals surface area contributed by atoms with E-state index in [1.165, 1.54) is 15.7 Å². The Labute approximate surface area is 197 Å². The largest absolute Gasteiger partial charge is 0.493 e. The van der Waals surface area contributed by atoms with Crippen LogP contribution in [-0.4, -0.2) is 34.3 Å². The molecule has 4 rings (SSSR count). The van der Waals surface area contributed by atoms with Crippen molar-refractivity contribution >= 4 is 11.4 Å². The van der Waals surface area contributed by atoms with Crippen LogP contribution in [0.1, 0.15) is 23.1 Å². The van der Waals surface area contributed by atoms with E-state index in [1.54, 1.807) is 43.3 Å². The molecule has 0 aliphatic rings. The number of rotatable bonds is 8. The maximum Gasteiger partial charge on any atom is 0.276 e. The summed E-state index contributed by atoms with van der Waals surface area (Å²) in [6.45, 7) is 4.75. The molecule has 1 N–H and O–H groups in total. The molecule has 8 heteroatoms. The summed E-state index contributed by atoms with van der Waals surface area (Å²) < 4.78 is 13.6. The van der Waals surface area contributed by atoms with Gasteiger partial charge in [0.1, 0.15) is 5.52 Å². The van der Waals surface area contributed by atoms with Crippen molar-refractivity contribution < 1.29 is 14.3 Å². The quantitative estimate of drug-likeness (QED) is 0.435. The second-order valence-electron chi connectivity index (χ2n) is 8.17. The van der Waals surface area contributed by atoms with Crippen LogP contribution in [0.4, 0.5) is 0 Å². The van der Waals surface area contributed by atoms with Crippen LogP contribution in [0.5, 0.6) is 11.5 Å². The van der Waals surface area contributed by atoms with Crippen LogP contribution >= 0.6 is 0 Å². The zero-order chi connectivity index (χ0) is 24.2. The van der Waals surface area contributed by atoms with Crippen molar-refractivity contribution in [1.82, 2.24) is 19.5 Å². The Bertz CT molecular complexity index is 1400. The normalized spacial score (nSPS) is 10.9. The molecule has 0 radical (unpaired) electrons. The Morgan fingerprint density at radius 2 is 1.76 bits per heavy atom. The van der Waals surface area contributed by atoms with Crippen molar-refractivity contribution in [3.05, 3.63) is 81.9 Å². The number of hydrogen-bond acceptors (Lipinski definition) is 5. The number of carbonyl (C=O) groups excluding carboxylic acids is 1. The lowest BCUT2D eigenvalue weighted by Gasteiger charge is -2.11. The number of hydrogen-bond donors (Lipinski definition) is 1. The molecule has 0 aliphatic heterocycles. The third-order valence-corrected chi connectivity index (χ3v) is 5.92. The van der Waals surface area contributed by atoms with E-state index < -0.39 is 0 Å². The maximum absolute atomic E-state index is 13.0. The van der Waals surface area contributed by atoms with Crippen molar-refractivity contribution in [3.8, 4) is 22.8 Å². The van der Waals surface area contributed by atoms with E-state index in [-0.39, 0.29) is 24.4 Å². The van der Waals surface area contributed by atoms with Gasteiger partial charge in [-0.05, 0) is 54.8 Å². The number of carbonyl (C=O) groups is 1. The van der Waals surface area contributed by atoms with Gasteiger partial charge in [0.25, 0.3) is 5.56 Å². The minimum atomic E-state index is -0.183. The van der Waals surface area contributed by atoms with Crippen molar-refractivity contribution in [3.63, 3.8) is 0 Å². The minimum absolute atomic E-state index is 0.147. The summed E-state index contributed by atoms with van der Waals surface area (Å²) in [4.78, 5) is 25.4. The molecule has 0 bridgehead atoms. The lowest BCUT2D eigenvalue weighted by molar-refractivity contribution is -0.121. The molecule has 0 atom stereocenters. The summed E-state index contributed by atoms with van der Waals surface area (Å²) >= 11 is 0. The Morgan fingerprint density at radius 3 is 2.50 bits per heavy atom. The molecule has 0 fully saturated rings. The number of amides is 1. The Morgan fingerprint density at radius 1 is 0.971 bits per heavy atom. The number of aryl methyl sites for hydroxylation is 3. The highest BCUT2D eigenvalue weighted by Crippen LogP contribution is 2.27. The lowest BCUT2D eigenvalue weighted by atomic mass is 10.0. The van der Waals surface area contributed by atoms with Crippen LogP contribution in [0.15, 0.2) is 59.7 Å². The van der Waals surface area contributed by atoms with Gasteiger partial charge >= 0.3 is 0 Å². The standard InChI is InChI=1S/C26H28N4O4/c1-17-5-7-20(13-18(17)2)21-15-22-26(32)29(11-12-30(22)28-21)10-9-25(31)27-16-19-6-8-23(33-3)24(14-19)34-4/h5-8,11-15H,9-10,16H2,1-4H3,(H,27,31). The molecular weight excluding hydrogens is 432 g/mol. The summed E-state index contributed by atoms with van der Waals surface area (Å²) in [5, 5.41) is 7.43. The Kier molecular flexibility index (Phi) is 6.67. The van der Waals surface area contributed by atoms with Gasteiger partial charge in [-0.25, -0.2) is 4.52 Å². The zero-order valence-electron chi connectivity index (χ0n) is 19.8. The van der Waals surface area contributed by atoms with Gasteiger partial charge in [-0.15, -0.1) is 0 Å². The molecule has 0 saturated heterocycles. The predicted molar refractivity (Wildman–Crippen MR) is 130 cm³/mol. The van der Waals surface area contributed by atoms with E-state index in [9.17, 15) is 9.59 Å². The van der Waals surface area contributed by atoms with Crippen LogP contribution in [0, 0.1) is 13.8 Å². The molecule has 2 aromatic heterocycles. The summed E-state index contributed by atoms with van der Waals surface area (Å²) in [6, 6.07) is 13.4. The van der Waals surface area contributed by atoms with Gasteiger partial charge in [0.15, 0.2) is 11.5 Å². The fraction of sp³-hybridized carbons (Fsp3) is 0.269. The van der Waals surface area contributed by atoms with Gasteiger partial charge in [-0.1, -0.05) is 18.2 Å². The van der Waals surface area contributed by atoms with E-state index in [2.05, 4.69) is 30.3 Å². The highest BCUT2D eigenvalue weighted by molar-refractivity contribution is 5.75. The summed E-state index contributed by atoms with van der Waals surface area (Å²) in [6.07, 6.45) is 3.58. The number of nitrogens with one attached hydrogen (secondary N) is 1. The monoisotopic (exact) mass is 460 g/mol. The second-order valence-corrected chi connectivity index (χ2v) is 8.17. The molecule has 0 spiro atoms. The number of methoxy groups -OCH3 is 2. The number of benzene rings is 2. The molecule has 2 heterocycles. The molecule has 0 unspecified atom stereocenters. The minimum Gasteiger partial charge on any atom is -0.493 e. The average Bonchev–Trinajstić information content (AvgIpc) is 3.29. The average molecular weight is 461 g/mol. The summed E-state index contributed by atoms with van der Waals surface area (Å²) in [7, 11) is 3.15. The summed E-state index contributed by atoms with van der Waals surface area (Å²) in [5.41, 5.74) is 5.27. The molecule has 2 aromatic carbocycles. The number of aromatic nitrogens is 3. The molecule has 8 nitrogen and oxygen atoms in total. The van der Waals surface area contributed by atoms with Crippen LogP contribution < -0.4 is 20.3 Å². The number of nitrogens with zero attached hydrogens (tertiary/aromatic N) is 3. The highest BCUT2D eigenvalue weighted by atomic mass is 16.5. The maximum atomic E-state index is 13.0. The van der Waals surface area contributed by atoms with E-state index in [0.29, 0.717) is 23.6 Å². The van der Waals surface area contributed by atoms with Gasteiger partial charge in [0.05, 0.1) is 19.9 Å². The van der Waals surface area contributed by atoms with Crippen molar-refractivity contribution in [2.75, 3.05) is 14.2 Å². The second kappa shape index (κ2) is 9.82. The number of fused-ring (bicyclic) bond motifs is 1. The Hall–Kier alpha value is -4.07. The van der Waals surface area contributed by atoms with Crippen LogP contribution in [0.25, 0.3) is 16.8 Å². The van der Waals surface area contributed by atoms with Gasteiger partial charge in [0, 0.05) is 37.5 Å². The van der Waals surface area contributed by atoms with Gasteiger partial charge in [0.2, 0.25) is 5.91 Å². The molecule has 0 aliphatic carbocycles. The first-order valence-electron chi connectivity index (χ1n) is 11.0. The van der Waals surface area contributed by atoms with Crippen molar-refractivity contribution in [2.24, 2.45) is 0 Å². The van der Waals surface area contributed by atoms with Crippen LogP contribution in [0.3, 0.4) is 0 Å². The summed E-state index contributed by atoms with van der Waals surface area (Å²) in [5.74, 6) is 1.09. The molecule has 4 aromatic rings. The first kappa shape index (κ1) is 23.1. The first-order chi connectivity index (χ1) is 16.4. The Balaban J connectivity index is 1.42. The third kappa shape index (κ3) is 4.80. The smallest absolute Gasteiger partial charge is 0.276 e. The SMILES string of the molecule is COc1ccc(CNC(=O)CCn2ccn3nc(-c4ccc(C)c(C)c4)cc3c2=O)cc1OC. The lowest BCUT2D eigenvalue weighted by Crippen LogP contribution is -2.27. The molecule has 1 amide bonds. The van der Waals surface area contributed by atoms with Crippen LogP contribution in [0.2, 0.25) is 0 Å². The fourth-order valence-corrected chi connectivity index (χ4v) is 3.75. The highest BCUT2D eigenvalue weighted by Gasteiger charge is 2.11. The van der Waals surface area contributed by atoms with Gasteiger partial charge in [-0.3, -0.25) is 9.59 Å². The van der Waals surface area contributed by atoms with E-state index >= 15 is 0 Å². The van der Waals surface area contributed by atoms with E-state index in [0.717, 1.165) is 16.8 Å². The molecule has 176 valence electrons. The third-order valence-electron chi connectivity index (χ3n) is 5.92. The van der Waals surface area contributed by atoms with Crippen molar-refractivity contribution in [1.29, 1.82) is 0 Å². The van der Waals surface area contributed by atoms with Crippen molar-refractivity contribution in [2.45, 2.75) is 33.4 Å². The first-order valence-corrected chi connectivity index (χ1v) is 11.0. The zero-order valence-corrected chi connectivity index (χ0v) is 19.8. The predicted octanol–water partition coefficient (Wildman–Crippen LogP) is 3.50. The fourth-order valence-electron chi connectivity index (χ4n) is 3.75.